The Morgan fingerprint density at radius 2 is 1.03 bits per heavy atom. The van der Waals surface area contributed by atoms with Crippen LogP contribution < -0.4 is 0 Å². The van der Waals surface area contributed by atoms with Crippen molar-refractivity contribution in [2.24, 2.45) is 0 Å². The van der Waals surface area contributed by atoms with E-state index < -0.39 is 6.16 Å². The summed E-state index contributed by atoms with van der Waals surface area (Å²) < 4.78 is 11.3. The standard InChI is InChI=1S/C33H68N2O4/c1-5-9-10-11-12-16-19-22-25-32(26-23-20-17-14-13-15-18-21-24-30-36)39-33(37)38-31-29-35(8-4)28-27-34(6-2)7-3/h32,36H,5-31H2,1-4H3. The molecule has 0 aromatic heterocycles. The highest BCUT2D eigenvalue weighted by Gasteiger charge is 2.16. The van der Waals surface area contributed by atoms with E-state index in [4.69, 9.17) is 14.6 Å². The number of carbonyl (C=O) groups is 1. The van der Waals surface area contributed by atoms with Gasteiger partial charge < -0.3 is 19.5 Å². The number of nitrogens with zero attached hydrogens (tertiary/aromatic N) is 2. The molecule has 0 aromatic carbocycles. The smallest absolute Gasteiger partial charge is 0.433 e. The van der Waals surface area contributed by atoms with E-state index in [1.165, 1.54) is 83.5 Å². The minimum atomic E-state index is -0.484. The molecule has 0 rings (SSSR count). The number of hydrogen-bond donors (Lipinski definition) is 1. The van der Waals surface area contributed by atoms with Crippen molar-refractivity contribution in [1.82, 2.24) is 9.80 Å². The van der Waals surface area contributed by atoms with Crippen LogP contribution in [0.4, 0.5) is 4.79 Å². The number of likely N-dealkylation sites (N-methyl/N-ethyl adjacent to an activating group) is 2. The summed E-state index contributed by atoms with van der Waals surface area (Å²) in [4.78, 5) is 17.3. The minimum Gasteiger partial charge on any atom is -0.433 e. The van der Waals surface area contributed by atoms with Gasteiger partial charge in [-0.25, -0.2) is 4.79 Å². The zero-order chi connectivity index (χ0) is 28.8. The lowest BCUT2D eigenvalue weighted by Gasteiger charge is -2.25. The minimum absolute atomic E-state index is 0.0129. The average molecular weight is 557 g/mol. The summed E-state index contributed by atoms with van der Waals surface area (Å²) in [6.45, 7) is 15.5. The lowest BCUT2D eigenvalue weighted by molar-refractivity contribution is 0.0119. The van der Waals surface area contributed by atoms with Crippen molar-refractivity contribution < 1.29 is 19.4 Å². The molecule has 0 aromatic rings. The summed E-state index contributed by atoms with van der Waals surface area (Å²) in [6, 6.07) is 0. The highest BCUT2D eigenvalue weighted by atomic mass is 16.7. The quantitative estimate of drug-likeness (QED) is 0.0706. The van der Waals surface area contributed by atoms with E-state index in [0.29, 0.717) is 13.2 Å². The molecule has 0 saturated heterocycles. The van der Waals surface area contributed by atoms with E-state index in [2.05, 4.69) is 37.5 Å². The van der Waals surface area contributed by atoms with Crippen LogP contribution in [0.5, 0.6) is 0 Å². The predicted molar refractivity (Wildman–Crippen MR) is 167 cm³/mol. The molecule has 0 amide bonds. The third-order valence-corrected chi connectivity index (χ3v) is 8.03. The fourth-order valence-corrected chi connectivity index (χ4v) is 5.17. The van der Waals surface area contributed by atoms with Gasteiger partial charge in [-0.2, -0.15) is 0 Å². The first-order valence-electron chi connectivity index (χ1n) is 17.0. The molecule has 1 atom stereocenters. The van der Waals surface area contributed by atoms with E-state index in [0.717, 1.165) is 77.8 Å². The summed E-state index contributed by atoms with van der Waals surface area (Å²) >= 11 is 0. The number of aliphatic hydroxyl groups excluding tert-OH is 1. The SMILES string of the molecule is CCCCCCCCCCC(CCCCCCCCCCCO)OC(=O)OCCN(CC)CCN(CC)CC. The zero-order valence-corrected chi connectivity index (χ0v) is 26.7. The van der Waals surface area contributed by atoms with Gasteiger partial charge in [0.1, 0.15) is 12.7 Å². The largest absolute Gasteiger partial charge is 0.508 e. The number of carbonyl (C=O) groups excluding carboxylic acids is 1. The van der Waals surface area contributed by atoms with Crippen molar-refractivity contribution in [3.8, 4) is 0 Å². The van der Waals surface area contributed by atoms with Crippen LogP contribution in [-0.4, -0.2) is 79.6 Å². The molecular weight excluding hydrogens is 488 g/mol. The van der Waals surface area contributed by atoms with Gasteiger partial charge in [0.05, 0.1) is 0 Å². The normalized spacial score (nSPS) is 12.4. The van der Waals surface area contributed by atoms with Crippen molar-refractivity contribution in [3.63, 3.8) is 0 Å². The molecule has 1 unspecified atom stereocenters. The summed E-state index contributed by atoms with van der Waals surface area (Å²) in [5.74, 6) is 0. The van der Waals surface area contributed by atoms with Gasteiger partial charge in [-0.05, 0) is 51.7 Å². The summed E-state index contributed by atoms with van der Waals surface area (Å²) in [5.41, 5.74) is 0. The third-order valence-electron chi connectivity index (χ3n) is 8.03. The fourth-order valence-electron chi connectivity index (χ4n) is 5.17. The van der Waals surface area contributed by atoms with Crippen LogP contribution in [0.2, 0.25) is 0 Å². The Labute approximate surface area is 243 Å². The maximum absolute atomic E-state index is 12.5. The molecule has 0 radical (unpaired) electrons. The van der Waals surface area contributed by atoms with Crippen molar-refractivity contribution in [3.05, 3.63) is 0 Å². The molecule has 0 heterocycles. The summed E-state index contributed by atoms with van der Waals surface area (Å²) in [5, 5.41) is 8.87. The van der Waals surface area contributed by atoms with E-state index in [9.17, 15) is 4.79 Å². The molecule has 0 bridgehead atoms. The van der Waals surface area contributed by atoms with Gasteiger partial charge in [0, 0.05) is 26.2 Å². The maximum Gasteiger partial charge on any atom is 0.508 e. The Morgan fingerprint density at radius 3 is 1.49 bits per heavy atom. The lowest BCUT2D eigenvalue weighted by atomic mass is 10.0. The van der Waals surface area contributed by atoms with Crippen LogP contribution in [0, 0.1) is 0 Å². The van der Waals surface area contributed by atoms with Crippen molar-refractivity contribution in [1.29, 1.82) is 0 Å². The second kappa shape index (κ2) is 30.1. The monoisotopic (exact) mass is 557 g/mol. The van der Waals surface area contributed by atoms with Crippen LogP contribution in [0.15, 0.2) is 0 Å². The van der Waals surface area contributed by atoms with Crippen LogP contribution in [0.3, 0.4) is 0 Å². The van der Waals surface area contributed by atoms with Gasteiger partial charge in [-0.15, -0.1) is 0 Å². The first kappa shape index (κ1) is 38.1. The number of aliphatic hydroxyl groups is 1. The lowest BCUT2D eigenvalue weighted by Crippen LogP contribution is -2.37. The van der Waals surface area contributed by atoms with E-state index in [1.54, 1.807) is 0 Å². The molecular formula is C33H68N2O4. The van der Waals surface area contributed by atoms with Gasteiger partial charge in [-0.1, -0.05) is 118 Å². The van der Waals surface area contributed by atoms with Crippen molar-refractivity contribution >= 4 is 6.16 Å². The first-order chi connectivity index (χ1) is 19.1. The van der Waals surface area contributed by atoms with Gasteiger partial charge in [0.15, 0.2) is 0 Å². The van der Waals surface area contributed by atoms with Gasteiger partial charge >= 0.3 is 6.16 Å². The van der Waals surface area contributed by atoms with Crippen LogP contribution in [0.25, 0.3) is 0 Å². The molecule has 1 N–H and O–H groups in total. The molecule has 39 heavy (non-hydrogen) atoms. The molecule has 234 valence electrons. The van der Waals surface area contributed by atoms with Crippen LogP contribution in [0.1, 0.15) is 150 Å². The second-order valence-electron chi connectivity index (χ2n) is 11.3. The van der Waals surface area contributed by atoms with Gasteiger partial charge in [-0.3, -0.25) is 4.90 Å². The topological polar surface area (TPSA) is 62.2 Å². The van der Waals surface area contributed by atoms with E-state index >= 15 is 0 Å². The highest BCUT2D eigenvalue weighted by Crippen LogP contribution is 2.18. The highest BCUT2D eigenvalue weighted by molar-refractivity contribution is 5.60. The summed E-state index contributed by atoms with van der Waals surface area (Å²) in [7, 11) is 0. The molecule has 0 saturated carbocycles. The third kappa shape index (κ3) is 25.8. The fraction of sp³-hybridized carbons (Fsp3) is 0.970. The number of hydrogen-bond acceptors (Lipinski definition) is 6. The van der Waals surface area contributed by atoms with E-state index in [1.807, 2.05) is 0 Å². The van der Waals surface area contributed by atoms with Gasteiger partial charge in [0.25, 0.3) is 0 Å². The Bertz CT molecular complexity index is 502. The number of unbranched alkanes of at least 4 members (excludes halogenated alkanes) is 15. The van der Waals surface area contributed by atoms with Crippen LogP contribution in [-0.2, 0) is 9.47 Å². The van der Waals surface area contributed by atoms with Crippen molar-refractivity contribution in [2.45, 2.75) is 156 Å². The Hall–Kier alpha value is -0.850. The van der Waals surface area contributed by atoms with E-state index in [-0.39, 0.29) is 6.10 Å². The molecule has 6 nitrogen and oxygen atoms in total. The maximum atomic E-state index is 12.5. The first-order valence-corrected chi connectivity index (χ1v) is 17.0. The molecule has 0 aliphatic rings. The Morgan fingerprint density at radius 1 is 0.590 bits per heavy atom. The molecule has 0 aliphatic heterocycles. The Balaban J connectivity index is 4.30. The molecule has 0 spiro atoms. The zero-order valence-electron chi connectivity index (χ0n) is 26.7. The molecule has 0 aliphatic carbocycles. The van der Waals surface area contributed by atoms with Crippen LogP contribution >= 0.6 is 0 Å². The molecule has 0 fully saturated rings. The second-order valence-corrected chi connectivity index (χ2v) is 11.3. The number of ether oxygens (including phenoxy) is 2. The van der Waals surface area contributed by atoms with Crippen molar-refractivity contribution in [2.75, 3.05) is 52.5 Å². The summed E-state index contributed by atoms with van der Waals surface area (Å²) in [6.07, 6.45) is 22.5. The molecule has 6 heteroatoms. The number of rotatable bonds is 30. The average Bonchev–Trinajstić information content (AvgIpc) is 2.94. The predicted octanol–water partition coefficient (Wildman–Crippen LogP) is 8.60. The Kier molecular flexibility index (Phi) is 29.5. The van der Waals surface area contributed by atoms with Gasteiger partial charge in [0.2, 0.25) is 0 Å².